The van der Waals surface area contributed by atoms with Crippen LogP contribution in [-0.4, -0.2) is 7.11 Å². The molecule has 0 aliphatic carbocycles. The highest BCUT2D eigenvalue weighted by molar-refractivity contribution is 5.81. The van der Waals surface area contributed by atoms with E-state index in [1.165, 1.54) is 25.3 Å². The minimum atomic E-state index is -4.40. The molecule has 130 valence electrons. The second-order valence-electron chi connectivity index (χ2n) is 5.26. The van der Waals surface area contributed by atoms with Crippen molar-refractivity contribution in [3.05, 3.63) is 70.1 Å². The fourth-order valence-corrected chi connectivity index (χ4v) is 2.36. The average molecular weight is 350 g/mol. The third-order valence-corrected chi connectivity index (χ3v) is 3.61. The van der Waals surface area contributed by atoms with Crippen LogP contribution < -0.4 is 15.1 Å². The van der Waals surface area contributed by atoms with Crippen LogP contribution >= 0.6 is 0 Å². The summed E-state index contributed by atoms with van der Waals surface area (Å²) in [6, 6.07) is 10.7. The molecule has 0 aliphatic heterocycles. The Bertz CT molecular complexity index is 943. The Balaban J connectivity index is 1.84. The van der Waals surface area contributed by atoms with Crippen molar-refractivity contribution < 1.29 is 27.1 Å². The van der Waals surface area contributed by atoms with Crippen LogP contribution in [0.25, 0.3) is 11.0 Å². The Morgan fingerprint density at radius 2 is 1.68 bits per heavy atom. The largest absolute Gasteiger partial charge is 0.497 e. The van der Waals surface area contributed by atoms with Gasteiger partial charge < -0.3 is 13.9 Å². The van der Waals surface area contributed by atoms with Crippen molar-refractivity contribution >= 4 is 11.0 Å². The third kappa shape index (κ3) is 3.76. The van der Waals surface area contributed by atoms with Crippen molar-refractivity contribution in [2.75, 3.05) is 7.11 Å². The van der Waals surface area contributed by atoms with Gasteiger partial charge in [-0.2, -0.15) is 13.2 Å². The van der Waals surface area contributed by atoms with Gasteiger partial charge in [0, 0.05) is 23.1 Å². The molecule has 0 bridgehead atoms. The lowest BCUT2D eigenvalue weighted by Crippen LogP contribution is -2.06. The third-order valence-electron chi connectivity index (χ3n) is 3.61. The number of methoxy groups -OCH3 is 1. The lowest BCUT2D eigenvalue weighted by atomic mass is 10.1. The molecule has 1 aromatic heterocycles. The molecule has 25 heavy (non-hydrogen) atoms. The van der Waals surface area contributed by atoms with Crippen LogP contribution in [0.4, 0.5) is 13.2 Å². The minimum absolute atomic E-state index is 0.0137. The Morgan fingerprint density at radius 1 is 1.00 bits per heavy atom. The van der Waals surface area contributed by atoms with Crippen molar-refractivity contribution in [2.24, 2.45) is 0 Å². The van der Waals surface area contributed by atoms with Crippen molar-refractivity contribution in [2.45, 2.75) is 12.8 Å². The Morgan fingerprint density at radius 3 is 2.32 bits per heavy atom. The van der Waals surface area contributed by atoms with Crippen molar-refractivity contribution in [3.63, 3.8) is 0 Å². The monoisotopic (exact) mass is 350 g/mol. The zero-order chi connectivity index (χ0) is 18.0. The molecule has 0 spiro atoms. The van der Waals surface area contributed by atoms with E-state index >= 15 is 0 Å². The standard InChI is InChI=1S/C18H13F3O4/c1-23-14-6-7-15-11(8-17(22)25-16(15)9-14)10-24-13-4-2-12(3-5-13)18(19,20)21/h2-9H,10H2,1H3. The average Bonchev–Trinajstić information content (AvgIpc) is 2.58. The smallest absolute Gasteiger partial charge is 0.416 e. The molecule has 0 atom stereocenters. The topological polar surface area (TPSA) is 48.7 Å². The molecule has 0 fully saturated rings. The van der Waals surface area contributed by atoms with Crippen LogP contribution in [0.5, 0.6) is 11.5 Å². The quantitative estimate of drug-likeness (QED) is 0.655. The highest BCUT2D eigenvalue weighted by Crippen LogP contribution is 2.30. The summed E-state index contributed by atoms with van der Waals surface area (Å²) in [7, 11) is 1.50. The highest BCUT2D eigenvalue weighted by atomic mass is 19.4. The SMILES string of the molecule is COc1ccc2c(COc3ccc(C(F)(F)F)cc3)cc(=O)oc2c1. The lowest BCUT2D eigenvalue weighted by Gasteiger charge is -2.10. The van der Waals surface area contributed by atoms with Gasteiger partial charge in [0.05, 0.1) is 12.7 Å². The van der Waals surface area contributed by atoms with Gasteiger partial charge in [-0.15, -0.1) is 0 Å². The van der Waals surface area contributed by atoms with E-state index in [4.69, 9.17) is 13.9 Å². The summed E-state index contributed by atoms with van der Waals surface area (Å²) in [6.45, 7) is 0.0137. The molecule has 3 aromatic rings. The predicted octanol–water partition coefficient (Wildman–Crippen LogP) is 4.40. The molecule has 3 rings (SSSR count). The first-order chi connectivity index (χ1) is 11.9. The summed E-state index contributed by atoms with van der Waals surface area (Å²) in [5.74, 6) is 0.805. The van der Waals surface area contributed by atoms with E-state index in [1.807, 2.05) is 0 Å². The molecular weight excluding hydrogens is 337 g/mol. The van der Waals surface area contributed by atoms with Crippen LogP contribution in [0.1, 0.15) is 11.1 Å². The van der Waals surface area contributed by atoms with Crippen LogP contribution in [0.3, 0.4) is 0 Å². The first-order valence-corrected chi connectivity index (χ1v) is 7.27. The van der Waals surface area contributed by atoms with E-state index in [0.717, 1.165) is 12.1 Å². The van der Waals surface area contributed by atoms with E-state index in [9.17, 15) is 18.0 Å². The molecule has 2 aromatic carbocycles. The lowest BCUT2D eigenvalue weighted by molar-refractivity contribution is -0.137. The fraction of sp³-hybridized carbons (Fsp3) is 0.167. The van der Waals surface area contributed by atoms with E-state index in [1.54, 1.807) is 18.2 Å². The normalized spacial score (nSPS) is 11.5. The Kier molecular flexibility index (Phi) is 4.39. The maximum atomic E-state index is 12.6. The second kappa shape index (κ2) is 6.51. The molecule has 4 nitrogen and oxygen atoms in total. The minimum Gasteiger partial charge on any atom is -0.497 e. The van der Waals surface area contributed by atoms with Gasteiger partial charge in [0.1, 0.15) is 23.7 Å². The Hall–Kier alpha value is -2.96. The summed E-state index contributed by atoms with van der Waals surface area (Å²) in [6.07, 6.45) is -4.40. The summed E-state index contributed by atoms with van der Waals surface area (Å²) in [5.41, 5.74) is -0.392. The molecule has 7 heteroatoms. The molecule has 0 radical (unpaired) electrons. The molecule has 0 amide bonds. The number of alkyl halides is 3. The number of rotatable bonds is 4. The van der Waals surface area contributed by atoms with Gasteiger partial charge in [0.25, 0.3) is 0 Å². The summed E-state index contributed by atoms with van der Waals surface area (Å²) >= 11 is 0. The first-order valence-electron chi connectivity index (χ1n) is 7.27. The van der Waals surface area contributed by atoms with Gasteiger partial charge in [-0.1, -0.05) is 0 Å². The van der Waals surface area contributed by atoms with Gasteiger partial charge in [0.15, 0.2) is 0 Å². The molecule has 0 aliphatic rings. The number of ether oxygens (including phenoxy) is 2. The van der Waals surface area contributed by atoms with Gasteiger partial charge >= 0.3 is 11.8 Å². The maximum absolute atomic E-state index is 12.6. The predicted molar refractivity (Wildman–Crippen MR) is 84.8 cm³/mol. The number of benzene rings is 2. The van der Waals surface area contributed by atoms with E-state index in [2.05, 4.69) is 0 Å². The molecule has 1 heterocycles. The zero-order valence-electron chi connectivity index (χ0n) is 13.1. The zero-order valence-corrected chi connectivity index (χ0v) is 13.1. The molecule has 0 saturated heterocycles. The summed E-state index contributed by atoms with van der Waals surface area (Å²) in [5, 5.41) is 0.660. The molecule has 0 saturated carbocycles. The second-order valence-corrected chi connectivity index (χ2v) is 5.26. The number of hydrogen-bond donors (Lipinski definition) is 0. The van der Waals surface area contributed by atoms with Gasteiger partial charge in [0.2, 0.25) is 0 Å². The van der Waals surface area contributed by atoms with Gasteiger partial charge in [-0.3, -0.25) is 0 Å². The first kappa shape index (κ1) is 16.9. The summed E-state index contributed by atoms with van der Waals surface area (Å²) in [4.78, 5) is 11.7. The number of hydrogen-bond acceptors (Lipinski definition) is 4. The van der Waals surface area contributed by atoms with E-state index in [-0.39, 0.29) is 12.4 Å². The fourth-order valence-electron chi connectivity index (χ4n) is 2.36. The number of halogens is 3. The molecule has 0 unspecified atom stereocenters. The van der Waals surface area contributed by atoms with Crippen LogP contribution in [0.2, 0.25) is 0 Å². The Labute approximate surface area is 140 Å². The van der Waals surface area contributed by atoms with Crippen LogP contribution in [-0.2, 0) is 12.8 Å². The highest BCUT2D eigenvalue weighted by Gasteiger charge is 2.30. The van der Waals surface area contributed by atoms with E-state index < -0.39 is 17.4 Å². The molecular formula is C18H13F3O4. The van der Waals surface area contributed by atoms with Crippen molar-refractivity contribution in [3.8, 4) is 11.5 Å². The van der Waals surface area contributed by atoms with Crippen LogP contribution in [0, 0.1) is 0 Å². The molecule has 0 N–H and O–H groups in total. The maximum Gasteiger partial charge on any atom is 0.416 e. The van der Waals surface area contributed by atoms with E-state index in [0.29, 0.717) is 22.3 Å². The van der Waals surface area contributed by atoms with Gasteiger partial charge in [-0.05, 0) is 36.4 Å². The number of fused-ring (bicyclic) bond motifs is 1. The van der Waals surface area contributed by atoms with Crippen molar-refractivity contribution in [1.82, 2.24) is 0 Å². The van der Waals surface area contributed by atoms with Crippen molar-refractivity contribution in [1.29, 1.82) is 0 Å². The summed E-state index contributed by atoms with van der Waals surface area (Å²) < 4.78 is 53.4. The van der Waals surface area contributed by atoms with Crippen LogP contribution in [0.15, 0.2) is 57.7 Å². The van der Waals surface area contributed by atoms with Gasteiger partial charge in [-0.25, -0.2) is 4.79 Å².